The van der Waals surface area contributed by atoms with Crippen molar-refractivity contribution < 1.29 is 9.00 Å². The van der Waals surface area contributed by atoms with Gasteiger partial charge in [0.1, 0.15) is 21.8 Å². The predicted octanol–water partition coefficient (Wildman–Crippen LogP) is 4.50. The van der Waals surface area contributed by atoms with Gasteiger partial charge in [-0.15, -0.1) is 11.3 Å². The Labute approximate surface area is 234 Å². The molecule has 10 heteroatoms. The second-order valence-corrected chi connectivity index (χ2v) is 12.1. The van der Waals surface area contributed by atoms with E-state index in [2.05, 4.69) is 15.4 Å². The lowest BCUT2D eigenvalue weighted by atomic mass is 9.94. The molecule has 39 heavy (non-hydrogen) atoms. The largest absolute Gasteiger partial charge is 0.384 e. The number of aromatic nitrogens is 1. The van der Waals surface area contributed by atoms with Crippen LogP contribution in [0.3, 0.4) is 0 Å². The Bertz CT molecular complexity index is 1460. The van der Waals surface area contributed by atoms with E-state index in [1.807, 2.05) is 48.5 Å². The van der Waals surface area contributed by atoms with Crippen molar-refractivity contribution in [1.82, 2.24) is 15.0 Å². The number of amides is 1. The Balaban J connectivity index is 1.34. The molecule has 0 bridgehead atoms. The number of thiazole rings is 1. The molecule has 6 N–H and O–H groups in total. The van der Waals surface area contributed by atoms with Gasteiger partial charge in [0.15, 0.2) is 0 Å². The number of para-hydroxylation sites is 1. The van der Waals surface area contributed by atoms with Crippen LogP contribution in [0.5, 0.6) is 0 Å². The molecule has 1 aromatic heterocycles. The van der Waals surface area contributed by atoms with Crippen molar-refractivity contribution in [2.75, 3.05) is 18.4 Å². The zero-order chi connectivity index (χ0) is 27.2. The molecule has 4 aromatic rings. The van der Waals surface area contributed by atoms with Gasteiger partial charge in [-0.25, -0.2) is 13.9 Å². The highest BCUT2D eigenvalue weighted by molar-refractivity contribution is 7.83. The molecule has 5 rings (SSSR count). The molecule has 1 amide bonds. The second kappa shape index (κ2) is 12.6. The fourth-order valence-electron chi connectivity index (χ4n) is 4.77. The zero-order valence-corrected chi connectivity index (χ0v) is 23.1. The predicted molar refractivity (Wildman–Crippen MR) is 158 cm³/mol. The highest BCUT2D eigenvalue weighted by atomic mass is 32.2. The first-order valence-electron chi connectivity index (χ1n) is 13.0. The summed E-state index contributed by atoms with van der Waals surface area (Å²) in [6, 6.07) is 22.3. The van der Waals surface area contributed by atoms with Crippen molar-refractivity contribution in [2.45, 2.75) is 36.6 Å². The lowest BCUT2D eigenvalue weighted by molar-refractivity contribution is -0.117. The summed E-state index contributed by atoms with van der Waals surface area (Å²) < 4.78 is 17.9. The van der Waals surface area contributed by atoms with Gasteiger partial charge in [-0.1, -0.05) is 36.4 Å². The quantitative estimate of drug-likeness (QED) is 0.144. The number of nitrogen functional groups attached to an aromatic ring is 1. The molecule has 2 atom stereocenters. The minimum atomic E-state index is -1.56. The van der Waals surface area contributed by atoms with Gasteiger partial charge in [0.25, 0.3) is 0 Å². The van der Waals surface area contributed by atoms with E-state index in [0.29, 0.717) is 34.9 Å². The highest BCUT2D eigenvalue weighted by Gasteiger charge is 2.21. The summed E-state index contributed by atoms with van der Waals surface area (Å²) >= 11 is 1.56. The van der Waals surface area contributed by atoms with E-state index in [9.17, 15) is 9.00 Å². The van der Waals surface area contributed by atoms with E-state index in [0.717, 1.165) is 46.7 Å². The van der Waals surface area contributed by atoms with Crippen LogP contribution in [0.4, 0.5) is 5.69 Å². The van der Waals surface area contributed by atoms with Crippen molar-refractivity contribution >= 4 is 50.0 Å². The first-order valence-corrected chi connectivity index (χ1v) is 15.0. The number of nitrogens with zero attached hydrogens (tertiary/aromatic N) is 1. The number of nitrogens with one attached hydrogen (secondary N) is 4. The van der Waals surface area contributed by atoms with Gasteiger partial charge >= 0.3 is 0 Å². The maximum atomic E-state index is 13.6. The number of benzene rings is 3. The summed E-state index contributed by atoms with van der Waals surface area (Å²) in [7, 11) is -1.56. The molecule has 0 spiro atoms. The molecule has 1 aliphatic rings. The van der Waals surface area contributed by atoms with Crippen LogP contribution in [0, 0.1) is 11.3 Å². The third kappa shape index (κ3) is 7.15. The highest BCUT2D eigenvalue weighted by Crippen LogP contribution is 2.29. The van der Waals surface area contributed by atoms with Gasteiger partial charge in [-0.05, 0) is 80.2 Å². The number of nitrogens with two attached hydrogens (primary N) is 1. The molecule has 1 aliphatic heterocycles. The van der Waals surface area contributed by atoms with Crippen LogP contribution in [0.15, 0.2) is 77.7 Å². The number of amidine groups is 1. The number of rotatable bonds is 10. The number of piperidine rings is 1. The maximum Gasteiger partial charge on any atom is 0.224 e. The summed E-state index contributed by atoms with van der Waals surface area (Å²) in [4.78, 5) is 18.0. The van der Waals surface area contributed by atoms with Crippen molar-refractivity contribution in [2.24, 2.45) is 11.7 Å². The van der Waals surface area contributed by atoms with E-state index in [4.69, 9.17) is 16.1 Å². The van der Waals surface area contributed by atoms with Crippen LogP contribution in [0.25, 0.3) is 10.2 Å². The molecular formula is C29H32N6O2S2. The fraction of sp³-hybridized carbons (Fsp3) is 0.276. The number of carbonyl (C=O) groups excluding carboxylic acids is 1. The molecule has 1 fully saturated rings. The number of fused-ring (bicyclic) bond motifs is 1. The lowest BCUT2D eigenvalue weighted by Crippen LogP contribution is -2.30. The monoisotopic (exact) mass is 560 g/mol. The Kier molecular flexibility index (Phi) is 8.77. The minimum Gasteiger partial charge on any atom is -0.384 e. The topological polar surface area (TPSA) is 133 Å². The average Bonchev–Trinajstić information content (AvgIpc) is 3.38. The maximum absolute atomic E-state index is 13.6. The number of anilines is 1. The van der Waals surface area contributed by atoms with Crippen molar-refractivity contribution in [1.29, 1.82) is 5.41 Å². The SMILES string of the molecule is N=C(N)c1cccc(CC(NS(=O)c2cccc(NC(=O)CC3CCNCC3)c2)c2nc3ccccc3s2)c1. The van der Waals surface area contributed by atoms with E-state index < -0.39 is 11.0 Å². The van der Waals surface area contributed by atoms with Crippen LogP contribution in [-0.2, 0) is 22.2 Å². The van der Waals surface area contributed by atoms with Gasteiger partial charge in [-0.2, -0.15) is 0 Å². The molecular weight excluding hydrogens is 528 g/mol. The summed E-state index contributed by atoms with van der Waals surface area (Å²) in [5, 5.41) is 14.9. The van der Waals surface area contributed by atoms with Crippen LogP contribution in [0.2, 0.25) is 0 Å². The zero-order valence-electron chi connectivity index (χ0n) is 21.5. The van der Waals surface area contributed by atoms with E-state index in [1.54, 1.807) is 35.6 Å². The van der Waals surface area contributed by atoms with Gasteiger partial charge in [0.2, 0.25) is 5.91 Å². The summed E-state index contributed by atoms with van der Waals surface area (Å²) in [5.41, 5.74) is 8.83. The van der Waals surface area contributed by atoms with Crippen molar-refractivity contribution in [3.8, 4) is 0 Å². The Hall–Kier alpha value is -3.44. The molecule has 0 radical (unpaired) electrons. The van der Waals surface area contributed by atoms with Crippen molar-refractivity contribution in [3.63, 3.8) is 0 Å². The summed E-state index contributed by atoms with van der Waals surface area (Å²) in [6.07, 6.45) is 3.01. The number of carbonyl (C=O) groups is 1. The third-order valence-electron chi connectivity index (χ3n) is 6.80. The van der Waals surface area contributed by atoms with Crippen LogP contribution in [-0.4, -0.2) is 34.0 Å². The Morgan fingerprint density at radius 1 is 1.10 bits per heavy atom. The second-order valence-electron chi connectivity index (χ2n) is 9.75. The Morgan fingerprint density at radius 2 is 1.90 bits per heavy atom. The summed E-state index contributed by atoms with van der Waals surface area (Å²) in [5.74, 6) is 0.376. The summed E-state index contributed by atoms with van der Waals surface area (Å²) in [6.45, 7) is 1.90. The average molecular weight is 561 g/mol. The molecule has 0 saturated carbocycles. The number of hydrogen-bond acceptors (Lipinski definition) is 6. The molecule has 8 nitrogen and oxygen atoms in total. The molecule has 2 heterocycles. The van der Waals surface area contributed by atoms with Crippen molar-refractivity contribution in [3.05, 3.63) is 88.9 Å². The molecule has 2 unspecified atom stereocenters. The van der Waals surface area contributed by atoms with E-state index in [-0.39, 0.29) is 17.8 Å². The third-order valence-corrected chi connectivity index (χ3v) is 9.13. The van der Waals surface area contributed by atoms with Crippen LogP contribution >= 0.6 is 11.3 Å². The number of hydrogen-bond donors (Lipinski definition) is 5. The molecule has 202 valence electrons. The van der Waals surface area contributed by atoms with E-state index >= 15 is 0 Å². The molecule has 1 saturated heterocycles. The normalized spacial score (nSPS) is 15.6. The van der Waals surface area contributed by atoms with Gasteiger partial charge < -0.3 is 16.4 Å². The first kappa shape index (κ1) is 27.1. The molecule has 0 aliphatic carbocycles. The first-order chi connectivity index (χ1) is 18.9. The van der Waals surface area contributed by atoms with Gasteiger partial charge in [0.05, 0.1) is 21.2 Å². The van der Waals surface area contributed by atoms with Gasteiger partial charge in [-0.3, -0.25) is 10.2 Å². The Morgan fingerprint density at radius 3 is 2.69 bits per heavy atom. The smallest absolute Gasteiger partial charge is 0.224 e. The molecule has 3 aromatic carbocycles. The van der Waals surface area contributed by atoms with E-state index in [1.165, 1.54) is 0 Å². The van der Waals surface area contributed by atoms with Gasteiger partial charge in [0, 0.05) is 17.7 Å². The van der Waals surface area contributed by atoms with Crippen LogP contribution in [0.1, 0.15) is 41.4 Å². The van der Waals surface area contributed by atoms with Crippen LogP contribution < -0.4 is 21.1 Å². The lowest BCUT2D eigenvalue weighted by Gasteiger charge is -2.22. The fourth-order valence-corrected chi connectivity index (χ4v) is 6.89. The minimum absolute atomic E-state index is 0.00365. The standard InChI is InChI=1S/C29H32N6O2S2/c30-28(31)21-6-3-5-20(15-21)16-25(29-34-24-9-1-2-10-26(24)38-29)35-39(37)23-8-4-7-22(18-23)33-27(36)17-19-11-13-32-14-12-19/h1-10,15,18-19,25,32,35H,11-14,16-17H2,(H3,30,31)(H,33,36).